The lowest BCUT2D eigenvalue weighted by molar-refractivity contribution is -0.132. The molecule has 0 radical (unpaired) electrons. The van der Waals surface area contributed by atoms with Crippen LogP contribution >= 0.6 is 11.6 Å². The number of hydrogen-bond donors (Lipinski definition) is 1. The minimum Gasteiger partial charge on any atom is -0.482 e. The molecule has 1 aromatic carbocycles. The van der Waals surface area contributed by atoms with Gasteiger partial charge in [-0.05, 0) is 18.6 Å². The second kappa shape index (κ2) is 5.38. The third-order valence-electron chi connectivity index (χ3n) is 2.70. The Labute approximate surface area is 105 Å². The number of amides is 1. The lowest BCUT2D eigenvalue weighted by Gasteiger charge is -2.16. The van der Waals surface area contributed by atoms with Gasteiger partial charge >= 0.3 is 0 Å². The number of halogens is 1. The molecular formula is C12H14ClNO3. The highest BCUT2D eigenvalue weighted by molar-refractivity contribution is 6.32. The van der Waals surface area contributed by atoms with E-state index in [1.165, 1.54) is 0 Å². The average Bonchev–Trinajstić information content (AvgIpc) is 2.74. The third kappa shape index (κ3) is 3.11. The van der Waals surface area contributed by atoms with Gasteiger partial charge in [-0.1, -0.05) is 23.7 Å². The Morgan fingerprint density at radius 1 is 1.53 bits per heavy atom. The zero-order valence-electron chi connectivity index (χ0n) is 9.30. The standard InChI is InChI=1S/C12H14ClNO3/c13-10-3-1-2-4-11(10)17-8-12(16)14-6-5-9(15)7-14/h1-4,9,15H,5-8H2. The van der Waals surface area contributed by atoms with E-state index >= 15 is 0 Å². The lowest BCUT2D eigenvalue weighted by Crippen LogP contribution is -2.33. The summed E-state index contributed by atoms with van der Waals surface area (Å²) in [6.45, 7) is 0.938. The van der Waals surface area contributed by atoms with Gasteiger partial charge in [-0.25, -0.2) is 0 Å². The van der Waals surface area contributed by atoms with Gasteiger partial charge in [0.15, 0.2) is 6.61 Å². The summed E-state index contributed by atoms with van der Waals surface area (Å²) >= 11 is 5.90. The van der Waals surface area contributed by atoms with E-state index in [2.05, 4.69) is 0 Å². The Morgan fingerprint density at radius 3 is 2.94 bits per heavy atom. The maximum Gasteiger partial charge on any atom is 0.260 e. The highest BCUT2D eigenvalue weighted by atomic mass is 35.5. The molecule has 1 amide bonds. The minimum absolute atomic E-state index is 0.0452. The molecule has 1 atom stereocenters. The lowest BCUT2D eigenvalue weighted by atomic mass is 10.3. The van der Waals surface area contributed by atoms with Crippen molar-refractivity contribution in [1.29, 1.82) is 0 Å². The molecule has 1 saturated heterocycles. The number of para-hydroxylation sites is 1. The molecule has 1 aromatic rings. The first-order chi connectivity index (χ1) is 8.16. The van der Waals surface area contributed by atoms with Crippen LogP contribution in [0.15, 0.2) is 24.3 Å². The molecule has 1 N–H and O–H groups in total. The Morgan fingerprint density at radius 2 is 2.29 bits per heavy atom. The first-order valence-corrected chi connectivity index (χ1v) is 5.88. The van der Waals surface area contributed by atoms with Crippen molar-refractivity contribution in [2.24, 2.45) is 0 Å². The number of likely N-dealkylation sites (tertiary alicyclic amines) is 1. The molecule has 2 rings (SSSR count). The van der Waals surface area contributed by atoms with Crippen molar-refractivity contribution in [1.82, 2.24) is 4.90 Å². The molecule has 1 fully saturated rings. The van der Waals surface area contributed by atoms with Crippen LogP contribution in [0.3, 0.4) is 0 Å². The van der Waals surface area contributed by atoms with Crippen LogP contribution < -0.4 is 4.74 Å². The summed E-state index contributed by atoms with van der Waals surface area (Å²) in [7, 11) is 0. The Kier molecular flexibility index (Phi) is 3.86. The molecule has 0 saturated carbocycles. The van der Waals surface area contributed by atoms with Gasteiger partial charge < -0.3 is 14.7 Å². The zero-order chi connectivity index (χ0) is 12.3. The summed E-state index contributed by atoms with van der Waals surface area (Å²) < 4.78 is 5.34. The first kappa shape index (κ1) is 12.2. The maximum atomic E-state index is 11.7. The van der Waals surface area contributed by atoms with Gasteiger partial charge in [0.05, 0.1) is 11.1 Å². The van der Waals surface area contributed by atoms with E-state index in [1.807, 2.05) is 0 Å². The molecule has 1 heterocycles. The van der Waals surface area contributed by atoms with Crippen LogP contribution in [0.5, 0.6) is 5.75 Å². The smallest absolute Gasteiger partial charge is 0.260 e. The van der Waals surface area contributed by atoms with Crippen molar-refractivity contribution in [2.75, 3.05) is 19.7 Å². The van der Waals surface area contributed by atoms with Crippen LogP contribution in [0, 0.1) is 0 Å². The molecule has 92 valence electrons. The first-order valence-electron chi connectivity index (χ1n) is 5.50. The number of aliphatic hydroxyl groups excluding tert-OH is 1. The number of benzene rings is 1. The second-order valence-corrected chi connectivity index (χ2v) is 4.41. The van der Waals surface area contributed by atoms with Crippen LogP contribution in [0.4, 0.5) is 0 Å². The number of nitrogens with zero attached hydrogens (tertiary/aromatic N) is 1. The van der Waals surface area contributed by atoms with Gasteiger partial charge in [0, 0.05) is 13.1 Å². The number of carbonyl (C=O) groups is 1. The summed E-state index contributed by atoms with van der Waals surface area (Å²) in [6, 6.07) is 7.02. The average molecular weight is 256 g/mol. The summed E-state index contributed by atoms with van der Waals surface area (Å²) in [6.07, 6.45) is 0.233. The van der Waals surface area contributed by atoms with E-state index in [-0.39, 0.29) is 12.5 Å². The molecule has 1 aliphatic heterocycles. The van der Waals surface area contributed by atoms with E-state index in [1.54, 1.807) is 29.2 Å². The van der Waals surface area contributed by atoms with Crippen LogP contribution in [0.25, 0.3) is 0 Å². The Balaban J connectivity index is 1.86. The van der Waals surface area contributed by atoms with Crippen molar-refractivity contribution in [3.05, 3.63) is 29.3 Å². The van der Waals surface area contributed by atoms with Gasteiger partial charge in [0.1, 0.15) is 5.75 Å². The predicted molar refractivity (Wildman–Crippen MR) is 64.2 cm³/mol. The topological polar surface area (TPSA) is 49.8 Å². The van der Waals surface area contributed by atoms with Crippen molar-refractivity contribution in [3.8, 4) is 5.75 Å². The van der Waals surface area contributed by atoms with Gasteiger partial charge in [-0.2, -0.15) is 0 Å². The molecule has 1 unspecified atom stereocenters. The van der Waals surface area contributed by atoms with E-state index in [9.17, 15) is 9.90 Å². The molecule has 17 heavy (non-hydrogen) atoms. The van der Waals surface area contributed by atoms with Crippen molar-refractivity contribution < 1.29 is 14.6 Å². The van der Waals surface area contributed by atoms with E-state index in [0.717, 1.165) is 0 Å². The van der Waals surface area contributed by atoms with Crippen molar-refractivity contribution in [3.63, 3.8) is 0 Å². The minimum atomic E-state index is -0.403. The molecule has 0 bridgehead atoms. The fraction of sp³-hybridized carbons (Fsp3) is 0.417. The SMILES string of the molecule is O=C(COc1ccccc1Cl)N1CCC(O)C1. The van der Waals surface area contributed by atoms with Gasteiger partial charge in [0.25, 0.3) is 5.91 Å². The normalized spacial score (nSPS) is 19.4. The highest BCUT2D eigenvalue weighted by Gasteiger charge is 2.24. The van der Waals surface area contributed by atoms with Crippen molar-refractivity contribution >= 4 is 17.5 Å². The molecule has 4 nitrogen and oxygen atoms in total. The number of carbonyl (C=O) groups excluding carboxylic acids is 1. The predicted octanol–water partition coefficient (Wildman–Crippen LogP) is 1.31. The summed E-state index contributed by atoms with van der Waals surface area (Å²) in [5, 5.41) is 9.81. The van der Waals surface area contributed by atoms with Gasteiger partial charge in [-0.3, -0.25) is 4.79 Å². The van der Waals surface area contributed by atoms with Crippen LogP contribution in [-0.4, -0.2) is 41.7 Å². The van der Waals surface area contributed by atoms with Gasteiger partial charge in [0.2, 0.25) is 0 Å². The summed E-state index contributed by atoms with van der Waals surface area (Å²) in [4.78, 5) is 13.3. The number of ether oxygens (including phenoxy) is 1. The van der Waals surface area contributed by atoms with E-state index in [4.69, 9.17) is 16.3 Å². The van der Waals surface area contributed by atoms with E-state index < -0.39 is 6.10 Å². The summed E-state index contributed by atoms with van der Waals surface area (Å²) in [5.74, 6) is 0.378. The number of rotatable bonds is 3. The fourth-order valence-electron chi connectivity index (χ4n) is 1.76. The monoisotopic (exact) mass is 255 g/mol. The Bertz CT molecular complexity index is 410. The quantitative estimate of drug-likeness (QED) is 0.886. The zero-order valence-corrected chi connectivity index (χ0v) is 10.1. The number of hydrogen-bond acceptors (Lipinski definition) is 3. The molecular weight excluding hydrogens is 242 g/mol. The van der Waals surface area contributed by atoms with Crippen LogP contribution in [0.2, 0.25) is 5.02 Å². The Hall–Kier alpha value is -1.26. The molecule has 0 aromatic heterocycles. The van der Waals surface area contributed by atoms with Crippen molar-refractivity contribution in [2.45, 2.75) is 12.5 Å². The fourth-order valence-corrected chi connectivity index (χ4v) is 1.95. The largest absolute Gasteiger partial charge is 0.482 e. The van der Waals surface area contributed by atoms with Crippen LogP contribution in [-0.2, 0) is 4.79 Å². The molecule has 5 heteroatoms. The number of aliphatic hydroxyl groups is 1. The third-order valence-corrected chi connectivity index (χ3v) is 3.02. The second-order valence-electron chi connectivity index (χ2n) is 4.00. The summed E-state index contributed by atoms with van der Waals surface area (Å²) in [5.41, 5.74) is 0. The van der Waals surface area contributed by atoms with E-state index in [0.29, 0.717) is 30.3 Å². The highest BCUT2D eigenvalue weighted by Crippen LogP contribution is 2.23. The maximum absolute atomic E-state index is 11.7. The van der Waals surface area contributed by atoms with Crippen LogP contribution in [0.1, 0.15) is 6.42 Å². The molecule has 0 aliphatic carbocycles. The number of β-amino-alcohol motifs (C(OH)–C–C–N with tert-alkyl or cyclic N) is 1. The molecule has 1 aliphatic rings. The molecule has 0 spiro atoms. The van der Waals surface area contributed by atoms with Gasteiger partial charge in [-0.15, -0.1) is 0 Å².